The van der Waals surface area contributed by atoms with Crippen LogP contribution in [0.4, 0.5) is 4.79 Å². The second kappa shape index (κ2) is 1.85. The fraction of sp³-hybridized carbons (Fsp3) is 0.250. The summed E-state index contributed by atoms with van der Waals surface area (Å²) in [5.74, 6) is -0.339. The second-order valence-corrected chi connectivity index (χ2v) is 1.60. The summed E-state index contributed by atoms with van der Waals surface area (Å²) in [5.41, 5.74) is 4.80. The molecule has 5 nitrogen and oxygen atoms in total. The van der Waals surface area contributed by atoms with E-state index in [1.165, 1.54) is 0 Å². The Bertz CT molecular complexity index is 186. The molecule has 5 heteroatoms. The Morgan fingerprint density at radius 2 is 2.56 bits per heavy atom. The van der Waals surface area contributed by atoms with Crippen LogP contribution in [0.25, 0.3) is 0 Å². The molecule has 0 aliphatic carbocycles. The highest BCUT2D eigenvalue weighted by molar-refractivity contribution is 6.00. The number of carbonyl (C=O) groups excluding carboxylic acids is 2. The van der Waals surface area contributed by atoms with Gasteiger partial charge in [0.05, 0.1) is 0 Å². The third-order valence-corrected chi connectivity index (χ3v) is 0.930. The maximum Gasteiger partial charge on any atom is 0.320 e. The topological polar surface area (TPSA) is 75.8 Å². The summed E-state index contributed by atoms with van der Waals surface area (Å²) in [4.78, 5) is 24.9. The molecule has 0 saturated heterocycles. The molecule has 1 aliphatic heterocycles. The average molecular weight is 127 g/mol. The van der Waals surface area contributed by atoms with Gasteiger partial charge in [-0.25, -0.2) is 9.79 Å². The SMILES string of the molecule is NC(=O)N1C=NC(=O)C1. The van der Waals surface area contributed by atoms with Crippen LogP contribution in [0.3, 0.4) is 0 Å². The Morgan fingerprint density at radius 1 is 1.89 bits per heavy atom. The highest BCUT2D eigenvalue weighted by atomic mass is 16.2. The van der Waals surface area contributed by atoms with Gasteiger partial charge >= 0.3 is 6.03 Å². The first-order valence-corrected chi connectivity index (χ1v) is 2.33. The summed E-state index contributed by atoms with van der Waals surface area (Å²) in [5, 5.41) is 0. The van der Waals surface area contributed by atoms with Crippen molar-refractivity contribution >= 4 is 18.3 Å². The van der Waals surface area contributed by atoms with Crippen LogP contribution in [0.2, 0.25) is 0 Å². The van der Waals surface area contributed by atoms with Gasteiger partial charge in [0.1, 0.15) is 12.9 Å². The van der Waals surface area contributed by atoms with E-state index in [2.05, 4.69) is 4.99 Å². The van der Waals surface area contributed by atoms with Crippen molar-refractivity contribution in [1.82, 2.24) is 4.90 Å². The summed E-state index contributed by atoms with van der Waals surface area (Å²) in [6.45, 7) is -0.0185. The lowest BCUT2D eigenvalue weighted by molar-refractivity contribution is -0.116. The van der Waals surface area contributed by atoms with Gasteiger partial charge in [-0.2, -0.15) is 0 Å². The Hall–Kier alpha value is -1.39. The largest absolute Gasteiger partial charge is 0.351 e. The van der Waals surface area contributed by atoms with Gasteiger partial charge in [0, 0.05) is 0 Å². The normalized spacial score (nSPS) is 16.9. The van der Waals surface area contributed by atoms with Crippen LogP contribution in [0, 0.1) is 0 Å². The minimum Gasteiger partial charge on any atom is -0.351 e. The highest BCUT2D eigenvalue weighted by Crippen LogP contribution is 1.92. The van der Waals surface area contributed by atoms with Crippen molar-refractivity contribution in [1.29, 1.82) is 0 Å². The predicted molar refractivity (Wildman–Crippen MR) is 29.8 cm³/mol. The van der Waals surface area contributed by atoms with E-state index in [9.17, 15) is 9.59 Å². The van der Waals surface area contributed by atoms with E-state index in [4.69, 9.17) is 5.73 Å². The van der Waals surface area contributed by atoms with E-state index < -0.39 is 6.03 Å². The van der Waals surface area contributed by atoms with Gasteiger partial charge in [-0.05, 0) is 0 Å². The fourth-order valence-corrected chi connectivity index (χ4v) is 0.496. The molecule has 2 N–H and O–H groups in total. The predicted octanol–water partition coefficient (Wildman–Crippen LogP) is -1.06. The van der Waals surface area contributed by atoms with Crippen molar-refractivity contribution < 1.29 is 9.59 Å². The third kappa shape index (κ3) is 1.04. The molecule has 9 heavy (non-hydrogen) atoms. The molecule has 0 unspecified atom stereocenters. The van der Waals surface area contributed by atoms with Crippen LogP contribution in [0.15, 0.2) is 4.99 Å². The molecule has 48 valence electrons. The first kappa shape index (κ1) is 5.74. The van der Waals surface area contributed by atoms with Gasteiger partial charge in [0.25, 0.3) is 5.91 Å². The summed E-state index contributed by atoms with van der Waals surface area (Å²) in [7, 11) is 0. The molecule has 0 saturated carbocycles. The lowest BCUT2D eigenvalue weighted by atomic mass is 10.6. The smallest absolute Gasteiger partial charge is 0.320 e. The average Bonchev–Trinajstić information content (AvgIpc) is 2.14. The van der Waals surface area contributed by atoms with Crippen molar-refractivity contribution in [3.8, 4) is 0 Å². The van der Waals surface area contributed by atoms with Crippen LogP contribution in [0.1, 0.15) is 0 Å². The number of nitrogens with zero attached hydrogens (tertiary/aromatic N) is 2. The van der Waals surface area contributed by atoms with Crippen molar-refractivity contribution in [2.75, 3.05) is 6.54 Å². The Morgan fingerprint density at radius 3 is 2.78 bits per heavy atom. The third-order valence-electron chi connectivity index (χ3n) is 0.930. The maximum absolute atomic E-state index is 10.3. The molecule has 0 fully saturated rings. The van der Waals surface area contributed by atoms with E-state index in [1.807, 2.05) is 0 Å². The number of nitrogens with two attached hydrogens (primary N) is 1. The van der Waals surface area contributed by atoms with E-state index >= 15 is 0 Å². The summed E-state index contributed by atoms with van der Waals surface area (Å²) < 4.78 is 0. The monoisotopic (exact) mass is 127 g/mol. The molecule has 0 aromatic heterocycles. The molecule has 0 bridgehead atoms. The number of amides is 3. The Kier molecular flexibility index (Phi) is 1.18. The van der Waals surface area contributed by atoms with Gasteiger partial charge in [-0.1, -0.05) is 0 Å². The summed E-state index contributed by atoms with van der Waals surface area (Å²) in [6, 6.07) is -0.649. The molecule has 1 aliphatic rings. The number of primary amides is 1. The zero-order chi connectivity index (χ0) is 6.85. The van der Waals surface area contributed by atoms with E-state index in [0.717, 1.165) is 11.2 Å². The maximum atomic E-state index is 10.3. The van der Waals surface area contributed by atoms with Crippen LogP contribution >= 0.6 is 0 Å². The molecule has 0 radical (unpaired) electrons. The van der Waals surface area contributed by atoms with Gasteiger partial charge in [-0.15, -0.1) is 0 Å². The van der Waals surface area contributed by atoms with Crippen molar-refractivity contribution in [3.63, 3.8) is 0 Å². The molecule has 0 spiro atoms. The first-order valence-electron chi connectivity index (χ1n) is 2.33. The van der Waals surface area contributed by atoms with Crippen LogP contribution in [0.5, 0.6) is 0 Å². The van der Waals surface area contributed by atoms with Crippen LogP contribution in [-0.4, -0.2) is 29.7 Å². The van der Waals surface area contributed by atoms with Crippen molar-refractivity contribution in [2.24, 2.45) is 10.7 Å². The first-order chi connectivity index (χ1) is 4.20. The number of aliphatic imine (C=N–C) groups is 1. The van der Waals surface area contributed by atoms with Crippen molar-refractivity contribution in [2.45, 2.75) is 0 Å². The molecule has 0 atom stereocenters. The molecule has 3 amide bonds. The van der Waals surface area contributed by atoms with Crippen molar-refractivity contribution in [3.05, 3.63) is 0 Å². The number of rotatable bonds is 0. The lowest BCUT2D eigenvalue weighted by Gasteiger charge is -2.03. The van der Waals surface area contributed by atoms with E-state index in [0.29, 0.717) is 0 Å². The summed E-state index contributed by atoms with van der Waals surface area (Å²) >= 11 is 0. The molecule has 1 rings (SSSR count). The number of urea groups is 1. The standard InChI is InChI=1S/C4H5N3O2/c5-4(9)7-1-3(8)6-2-7/h2H,1H2,(H2,5,9). The van der Waals surface area contributed by atoms with Gasteiger partial charge < -0.3 is 5.73 Å². The van der Waals surface area contributed by atoms with Crippen LogP contribution < -0.4 is 5.73 Å². The highest BCUT2D eigenvalue weighted by Gasteiger charge is 2.16. The van der Waals surface area contributed by atoms with Crippen LogP contribution in [-0.2, 0) is 4.79 Å². The van der Waals surface area contributed by atoms with Gasteiger partial charge in [0.15, 0.2) is 0 Å². The molecular weight excluding hydrogens is 122 g/mol. The second-order valence-electron chi connectivity index (χ2n) is 1.60. The zero-order valence-corrected chi connectivity index (χ0v) is 4.57. The summed E-state index contributed by atoms with van der Waals surface area (Å²) in [6.07, 6.45) is 1.13. The Labute approximate surface area is 51.1 Å². The molecular formula is C4H5N3O2. The Balaban J connectivity index is 2.60. The quantitative estimate of drug-likeness (QED) is 0.450. The molecule has 0 aromatic rings. The fourth-order valence-electron chi connectivity index (χ4n) is 0.496. The molecule has 0 aromatic carbocycles. The minimum absolute atomic E-state index is 0.0185. The van der Waals surface area contributed by atoms with Gasteiger partial charge in [-0.3, -0.25) is 9.69 Å². The van der Waals surface area contributed by atoms with E-state index in [-0.39, 0.29) is 12.5 Å². The lowest BCUT2D eigenvalue weighted by Crippen LogP contribution is -2.33. The number of carbonyl (C=O) groups is 2. The molecule has 1 heterocycles. The van der Waals surface area contributed by atoms with E-state index in [1.54, 1.807) is 0 Å². The number of hydrogen-bond donors (Lipinski definition) is 1. The minimum atomic E-state index is -0.649. The van der Waals surface area contributed by atoms with Gasteiger partial charge in [0.2, 0.25) is 0 Å². The zero-order valence-electron chi connectivity index (χ0n) is 4.57. The number of hydrogen-bond acceptors (Lipinski definition) is 2.